The smallest absolute Gasteiger partial charge is 0.231 e. The van der Waals surface area contributed by atoms with E-state index in [4.69, 9.17) is 4.74 Å². The molecule has 6 nitrogen and oxygen atoms in total. The van der Waals surface area contributed by atoms with E-state index in [0.717, 1.165) is 11.1 Å². The Bertz CT molecular complexity index is 962. The molecule has 2 fully saturated rings. The molecule has 1 amide bonds. The first-order valence-electron chi connectivity index (χ1n) is 9.52. The van der Waals surface area contributed by atoms with E-state index in [9.17, 15) is 18.8 Å². The van der Waals surface area contributed by atoms with Gasteiger partial charge in [-0.2, -0.15) is 5.26 Å². The zero-order valence-electron chi connectivity index (χ0n) is 15.6. The van der Waals surface area contributed by atoms with Gasteiger partial charge in [-0.3, -0.25) is 4.79 Å². The molecule has 4 atom stereocenters. The maximum atomic E-state index is 14.0. The van der Waals surface area contributed by atoms with Crippen LogP contribution in [0.25, 0.3) is 11.1 Å². The Morgan fingerprint density at radius 1 is 1.24 bits per heavy atom. The minimum absolute atomic E-state index is 0.236. The normalized spacial score (nSPS) is 25.7. The highest BCUT2D eigenvalue weighted by Gasteiger charge is 2.43. The van der Waals surface area contributed by atoms with Gasteiger partial charge >= 0.3 is 0 Å². The summed E-state index contributed by atoms with van der Waals surface area (Å²) < 4.78 is 32.8. The van der Waals surface area contributed by atoms with Gasteiger partial charge in [-0.25, -0.2) is 13.8 Å². The number of hydrogen-bond acceptors (Lipinski definition) is 5. The van der Waals surface area contributed by atoms with Gasteiger partial charge in [0.1, 0.15) is 36.1 Å². The molecule has 2 aliphatic rings. The number of carbonyl (C=O) groups is 1. The number of nitrogens with zero attached hydrogens (tertiary/aromatic N) is 2. The number of aromatic nitrogens is 1. The number of rotatable bonds is 5. The van der Waals surface area contributed by atoms with Crippen molar-refractivity contribution in [3.05, 3.63) is 42.1 Å². The number of piperidine rings is 1. The lowest BCUT2D eigenvalue weighted by atomic mass is 10.0. The second-order valence-corrected chi connectivity index (χ2v) is 7.27. The maximum Gasteiger partial charge on any atom is 0.231 e. The summed E-state index contributed by atoms with van der Waals surface area (Å²) in [6.07, 6.45) is -0.482. The number of hydrogen-bond donors (Lipinski definition) is 2. The molecule has 29 heavy (non-hydrogen) atoms. The van der Waals surface area contributed by atoms with Crippen molar-refractivity contribution in [1.29, 1.82) is 5.26 Å². The summed E-state index contributed by atoms with van der Waals surface area (Å²) >= 11 is 0. The van der Waals surface area contributed by atoms with Gasteiger partial charge in [0, 0.05) is 12.7 Å². The van der Waals surface area contributed by atoms with Gasteiger partial charge in [0.2, 0.25) is 5.91 Å². The minimum atomic E-state index is -1.13. The molecule has 150 valence electrons. The van der Waals surface area contributed by atoms with Crippen molar-refractivity contribution in [2.75, 3.05) is 18.4 Å². The molecule has 1 aliphatic carbocycles. The number of benzene rings is 1. The van der Waals surface area contributed by atoms with Crippen molar-refractivity contribution >= 4 is 11.7 Å². The number of nitriles is 1. The van der Waals surface area contributed by atoms with Crippen LogP contribution in [0, 0.1) is 17.2 Å². The summed E-state index contributed by atoms with van der Waals surface area (Å²) in [6, 6.07) is 10.6. The van der Waals surface area contributed by atoms with E-state index >= 15 is 0 Å². The van der Waals surface area contributed by atoms with Crippen molar-refractivity contribution < 1.29 is 18.3 Å². The second kappa shape index (κ2) is 8.13. The molecule has 8 heteroatoms. The largest absolute Gasteiger partial charge is 0.486 e. The highest BCUT2D eigenvalue weighted by molar-refractivity contribution is 5.94. The van der Waals surface area contributed by atoms with Gasteiger partial charge in [-0.15, -0.1) is 0 Å². The SMILES string of the molecule is N#Cc1cc(-c2ccnc(NC(=O)C3CC3F)c2)ccc1O[C@H]1CCNC[C@H]1F. The van der Waals surface area contributed by atoms with Crippen molar-refractivity contribution in [2.24, 2.45) is 5.92 Å². The average molecular weight is 398 g/mol. The van der Waals surface area contributed by atoms with Gasteiger partial charge in [0.05, 0.1) is 11.5 Å². The topological polar surface area (TPSA) is 87.0 Å². The first kappa shape index (κ1) is 19.3. The third-order valence-electron chi connectivity index (χ3n) is 5.12. The molecule has 1 aliphatic heterocycles. The molecule has 4 rings (SSSR count). The highest BCUT2D eigenvalue weighted by atomic mass is 19.1. The van der Waals surface area contributed by atoms with E-state index < -0.39 is 24.4 Å². The van der Waals surface area contributed by atoms with E-state index in [0.29, 0.717) is 30.1 Å². The molecule has 2 N–H and O–H groups in total. The van der Waals surface area contributed by atoms with Crippen molar-refractivity contribution in [1.82, 2.24) is 10.3 Å². The zero-order chi connectivity index (χ0) is 20.4. The van der Waals surface area contributed by atoms with Crippen LogP contribution in [0.2, 0.25) is 0 Å². The van der Waals surface area contributed by atoms with Crippen LogP contribution in [-0.4, -0.2) is 42.4 Å². The summed E-state index contributed by atoms with van der Waals surface area (Å²) in [5.41, 5.74) is 1.76. The molecule has 2 unspecified atom stereocenters. The van der Waals surface area contributed by atoms with Crippen molar-refractivity contribution in [3.8, 4) is 22.9 Å². The highest BCUT2D eigenvalue weighted by Crippen LogP contribution is 2.35. The summed E-state index contributed by atoms with van der Waals surface area (Å²) in [7, 11) is 0. The molecule has 2 aromatic rings. The molecule has 0 bridgehead atoms. The Kier molecular flexibility index (Phi) is 5.41. The van der Waals surface area contributed by atoms with Crippen molar-refractivity contribution in [3.63, 3.8) is 0 Å². The predicted octanol–water partition coefficient (Wildman–Crippen LogP) is 3.00. The molecule has 2 heterocycles. The third-order valence-corrected chi connectivity index (χ3v) is 5.12. The van der Waals surface area contributed by atoms with Crippen molar-refractivity contribution in [2.45, 2.75) is 31.3 Å². The fourth-order valence-corrected chi connectivity index (χ4v) is 3.32. The van der Waals surface area contributed by atoms with Crippen LogP contribution >= 0.6 is 0 Å². The Hall–Kier alpha value is -3.05. The molecule has 1 saturated carbocycles. The van der Waals surface area contributed by atoms with Crippen LogP contribution in [0.1, 0.15) is 18.4 Å². The van der Waals surface area contributed by atoms with Gasteiger partial charge < -0.3 is 15.4 Å². The second-order valence-electron chi connectivity index (χ2n) is 7.27. The monoisotopic (exact) mass is 398 g/mol. The molecule has 0 spiro atoms. The zero-order valence-corrected chi connectivity index (χ0v) is 15.6. The quantitative estimate of drug-likeness (QED) is 0.809. The van der Waals surface area contributed by atoms with Gasteiger partial charge in [0.25, 0.3) is 0 Å². The Labute approximate surface area is 166 Å². The predicted molar refractivity (Wildman–Crippen MR) is 103 cm³/mol. The molecule has 0 radical (unpaired) electrons. The van der Waals surface area contributed by atoms with Crippen LogP contribution in [0.5, 0.6) is 5.75 Å². The standard InChI is InChI=1S/C21H20F2N4O2/c22-16-9-15(16)21(28)27-20-8-13(3-6-26-20)12-1-2-18(14(7-12)10-24)29-19-4-5-25-11-17(19)23/h1-3,6-8,15-17,19,25H,4-5,9,11H2,(H,26,27,28)/t15?,16?,17-,19+/m1/s1. The van der Waals surface area contributed by atoms with Gasteiger partial charge in [0.15, 0.2) is 0 Å². The van der Waals surface area contributed by atoms with Crippen LogP contribution in [-0.2, 0) is 4.79 Å². The summed E-state index contributed by atoms with van der Waals surface area (Å²) in [6.45, 7) is 0.904. The molecule has 1 aromatic carbocycles. The number of amides is 1. The fraction of sp³-hybridized carbons (Fsp3) is 0.381. The third kappa shape index (κ3) is 4.35. The molecular weight excluding hydrogens is 378 g/mol. The lowest BCUT2D eigenvalue weighted by Gasteiger charge is -2.27. The number of ether oxygens (including phenoxy) is 1. The molecular formula is C21H20F2N4O2. The maximum absolute atomic E-state index is 14.0. The lowest BCUT2D eigenvalue weighted by Crippen LogP contribution is -2.44. The van der Waals surface area contributed by atoms with Crippen LogP contribution in [0.4, 0.5) is 14.6 Å². The van der Waals surface area contributed by atoms with E-state index in [1.807, 2.05) is 0 Å². The van der Waals surface area contributed by atoms with Crippen LogP contribution in [0.15, 0.2) is 36.5 Å². The summed E-state index contributed by atoms with van der Waals surface area (Å²) in [4.78, 5) is 16.0. The summed E-state index contributed by atoms with van der Waals surface area (Å²) in [5.74, 6) is -0.320. The number of carbonyl (C=O) groups excluding carboxylic acids is 1. The Balaban J connectivity index is 1.52. The van der Waals surface area contributed by atoms with E-state index in [-0.39, 0.29) is 18.9 Å². The average Bonchev–Trinajstić information content (AvgIpc) is 3.47. The lowest BCUT2D eigenvalue weighted by molar-refractivity contribution is -0.117. The number of pyridine rings is 1. The first-order chi connectivity index (χ1) is 14.0. The first-order valence-corrected chi connectivity index (χ1v) is 9.52. The minimum Gasteiger partial charge on any atom is -0.486 e. The number of alkyl halides is 2. The van der Waals surface area contributed by atoms with E-state index in [1.165, 1.54) is 6.20 Å². The number of halogens is 2. The van der Waals surface area contributed by atoms with E-state index in [1.54, 1.807) is 30.3 Å². The summed E-state index contributed by atoms with van der Waals surface area (Å²) in [5, 5.41) is 15.1. The number of nitrogens with one attached hydrogen (secondary N) is 2. The Morgan fingerprint density at radius 2 is 2.03 bits per heavy atom. The number of anilines is 1. The fourth-order valence-electron chi connectivity index (χ4n) is 3.32. The van der Waals surface area contributed by atoms with Crippen LogP contribution < -0.4 is 15.4 Å². The molecule has 1 saturated heterocycles. The Morgan fingerprint density at radius 3 is 2.76 bits per heavy atom. The van der Waals surface area contributed by atoms with E-state index in [2.05, 4.69) is 21.7 Å². The van der Waals surface area contributed by atoms with Gasteiger partial charge in [-0.1, -0.05) is 6.07 Å². The van der Waals surface area contributed by atoms with Gasteiger partial charge in [-0.05, 0) is 54.8 Å². The van der Waals surface area contributed by atoms with Crippen LogP contribution in [0.3, 0.4) is 0 Å². The molecule has 1 aromatic heterocycles.